The number of fused-ring (bicyclic) bond motifs is 1. The number of piperazine rings is 1. The molecule has 7 heteroatoms. The normalized spacial score (nSPS) is 18.5. The molecule has 0 unspecified atom stereocenters. The molecule has 0 bridgehead atoms. The van der Waals surface area contributed by atoms with E-state index < -0.39 is 0 Å². The highest BCUT2D eigenvalue weighted by Gasteiger charge is 2.27. The van der Waals surface area contributed by atoms with Crippen LogP contribution in [-0.4, -0.2) is 63.2 Å². The number of aliphatic hydroxyl groups is 1. The molecule has 1 aromatic carbocycles. The summed E-state index contributed by atoms with van der Waals surface area (Å²) in [5, 5.41) is 11.7. The predicted molar refractivity (Wildman–Crippen MR) is 117 cm³/mol. The third-order valence-corrected chi connectivity index (χ3v) is 6.46. The average molecular weight is 415 g/mol. The Labute approximate surface area is 176 Å². The highest BCUT2D eigenvalue weighted by molar-refractivity contribution is 7.15. The van der Waals surface area contributed by atoms with Crippen molar-refractivity contribution < 1.29 is 9.84 Å². The van der Waals surface area contributed by atoms with Crippen LogP contribution < -0.4 is 4.74 Å². The molecule has 0 spiro atoms. The second-order valence-corrected chi connectivity index (χ2v) is 8.52. The summed E-state index contributed by atoms with van der Waals surface area (Å²) in [4.78, 5) is 10.8. The van der Waals surface area contributed by atoms with E-state index in [1.54, 1.807) is 11.3 Å². The summed E-state index contributed by atoms with van der Waals surface area (Å²) in [6.07, 6.45) is 2.91. The maximum absolute atomic E-state index is 9.62. The maximum atomic E-state index is 9.62. The van der Waals surface area contributed by atoms with Crippen molar-refractivity contribution in [3.63, 3.8) is 0 Å². The summed E-state index contributed by atoms with van der Waals surface area (Å²) in [6, 6.07) is 8.74. The van der Waals surface area contributed by atoms with Crippen molar-refractivity contribution >= 4 is 16.3 Å². The summed E-state index contributed by atoms with van der Waals surface area (Å²) < 4.78 is 7.76. The van der Waals surface area contributed by atoms with Gasteiger partial charge in [-0.25, -0.2) is 4.98 Å². The Balaban J connectivity index is 1.41. The van der Waals surface area contributed by atoms with Gasteiger partial charge >= 0.3 is 0 Å². The topological polar surface area (TPSA) is 53.2 Å². The molecule has 1 N–H and O–H groups in total. The fourth-order valence-corrected chi connectivity index (χ4v) is 4.95. The number of benzene rings is 1. The Bertz CT molecular complexity index is 921. The number of aromatic nitrogens is 2. The molecule has 0 aliphatic carbocycles. The molecule has 0 saturated carbocycles. The Kier molecular flexibility index (Phi) is 6.50. The molecule has 1 saturated heterocycles. The zero-order valence-electron chi connectivity index (χ0n) is 17.3. The molecule has 1 aliphatic heterocycles. The summed E-state index contributed by atoms with van der Waals surface area (Å²) in [5.74, 6) is 0.920. The van der Waals surface area contributed by atoms with Crippen LogP contribution >= 0.6 is 11.3 Å². The SMILES string of the molecule is CCOc1ccc(CN2CCN(Cc3c(C)nc4sccn34)C[C@@H]2CCO)cc1. The summed E-state index contributed by atoms with van der Waals surface area (Å²) in [5.41, 5.74) is 3.69. The Morgan fingerprint density at radius 3 is 2.79 bits per heavy atom. The van der Waals surface area contributed by atoms with Gasteiger partial charge in [-0.3, -0.25) is 14.2 Å². The first-order valence-corrected chi connectivity index (χ1v) is 11.3. The zero-order valence-corrected chi connectivity index (χ0v) is 18.1. The molecule has 1 atom stereocenters. The van der Waals surface area contributed by atoms with Crippen molar-refractivity contribution in [1.29, 1.82) is 0 Å². The molecule has 0 radical (unpaired) electrons. The first-order chi connectivity index (χ1) is 14.2. The first-order valence-electron chi connectivity index (χ1n) is 10.4. The fraction of sp³-hybridized carbons (Fsp3) is 0.500. The third-order valence-electron chi connectivity index (χ3n) is 5.71. The molecular weight excluding hydrogens is 384 g/mol. The van der Waals surface area contributed by atoms with E-state index in [9.17, 15) is 5.11 Å². The van der Waals surface area contributed by atoms with Crippen LogP contribution in [0.2, 0.25) is 0 Å². The average Bonchev–Trinajstić information content (AvgIpc) is 3.28. The largest absolute Gasteiger partial charge is 0.494 e. The van der Waals surface area contributed by atoms with E-state index in [1.165, 1.54) is 11.3 Å². The molecule has 0 amide bonds. The molecule has 1 fully saturated rings. The molecular formula is C22H30N4O2S. The van der Waals surface area contributed by atoms with Gasteiger partial charge in [-0.1, -0.05) is 12.1 Å². The lowest BCUT2D eigenvalue weighted by atomic mass is 10.1. The Morgan fingerprint density at radius 2 is 2.03 bits per heavy atom. The third kappa shape index (κ3) is 4.64. The molecule has 29 heavy (non-hydrogen) atoms. The minimum absolute atomic E-state index is 0.221. The molecule has 3 aromatic rings. The number of rotatable bonds is 8. The summed E-state index contributed by atoms with van der Waals surface area (Å²) in [7, 11) is 0. The van der Waals surface area contributed by atoms with E-state index >= 15 is 0 Å². The van der Waals surface area contributed by atoms with Gasteiger partial charge in [0, 0.05) is 56.9 Å². The molecule has 156 valence electrons. The highest BCUT2D eigenvalue weighted by atomic mass is 32.1. The summed E-state index contributed by atoms with van der Waals surface area (Å²) in [6.45, 7) is 9.82. The van der Waals surface area contributed by atoms with Crippen LogP contribution in [0.15, 0.2) is 35.8 Å². The van der Waals surface area contributed by atoms with Crippen LogP contribution in [0.3, 0.4) is 0 Å². The minimum Gasteiger partial charge on any atom is -0.494 e. The van der Waals surface area contributed by atoms with Crippen molar-refractivity contribution in [3.05, 3.63) is 52.8 Å². The molecule has 6 nitrogen and oxygen atoms in total. The van der Waals surface area contributed by atoms with Gasteiger partial charge in [0.1, 0.15) is 5.75 Å². The number of imidazole rings is 1. The van der Waals surface area contributed by atoms with E-state index in [0.717, 1.165) is 55.5 Å². The number of aliphatic hydroxyl groups excluding tert-OH is 1. The van der Waals surface area contributed by atoms with Crippen molar-refractivity contribution in [2.45, 2.75) is 39.4 Å². The predicted octanol–water partition coefficient (Wildman–Crippen LogP) is 3.17. The number of hydrogen-bond acceptors (Lipinski definition) is 6. The van der Waals surface area contributed by atoms with Crippen LogP contribution in [-0.2, 0) is 13.1 Å². The zero-order chi connectivity index (χ0) is 20.2. The fourth-order valence-electron chi connectivity index (χ4n) is 4.17. The van der Waals surface area contributed by atoms with Crippen LogP contribution in [0, 0.1) is 6.92 Å². The molecule has 1 aliphatic rings. The van der Waals surface area contributed by atoms with Crippen molar-refractivity contribution in [1.82, 2.24) is 19.2 Å². The molecule has 2 aromatic heterocycles. The lowest BCUT2D eigenvalue weighted by molar-refractivity contribution is 0.0492. The van der Waals surface area contributed by atoms with Crippen molar-refractivity contribution in [2.75, 3.05) is 32.8 Å². The lowest BCUT2D eigenvalue weighted by Crippen LogP contribution is -2.52. The van der Waals surface area contributed by atoms with Gasteiger partial charge in [-0.15, -0.1) is 11.3 Å². The Hall–Kier alpha value is -1.93. The summed E-state index contributed by atoms with van der Waals surface area (Å²) >= 11 is 1.68. The Morgan fingerprint density at radius 1 is 1.21 bits per heavy atom. The van der Waals surface area contributed by atoms with Gasteiger partial charge in [-0.05, 0) is 38.0 Å². The van der Waals surface area contributed by atoms with Gasteiger partial charge in [0.2, 0.25) is 0 Å². The second-order valence-electron chi connectivity index (χ2n) is 7.65. The number of thiazole rings is 1. The molecule has 4 rings (SSSR count). The van der Waals surface area contributed by atoms with E-state index in [-0.39, 0.29) is 6.61 Å². The lowest BCUT2D eigenvalue weighted by Gasteiger charge is -2.41. The quantitative estimate of drug-likeness (QED) is 0.614. The minimum atomic E-state index is 0.221. The van der Waals surface area contributed by atoms with Gasteiger partial charge in [-0.2, -0.15) is 0 Å². The van der Waals surface area contributed by atoms with E-state index in [1.807, 2.05) is 19.1 Å². The maximum Gasteiger partial charge on any atom is 0.194 e. The number of hydrogen-bond donors (Lipinski definition) is 1. The molecule has 3 heterocycles. The first kappa shape index (κ1) is 20.3. The van der Waals surface area contributed by atoms with Crippen LogP contribution in [0.1, 0.15) is 30.3 Å². The number of ether oxygens (including phenoxy) is 1. The smallest absolute Gasteiger partial charge is 0.194 e. The van der Waals surface area contributed by atoms with Crippen molar-refractivity contribution in [2.24, 2.45) is 0 Å². The van der Waals surface area contributed by atoms with Crippen molar-refractivity contribution in [3.8, 4) is 5.75 Å². The van der Waals surface area contributed by atoms with Gasteiger partial charge in [0.05, 0.1) is 18.0 Å². The van der Waals surface area contributed by atoms with Gasteiger partial charge in [0.15, 0.2) is 4.96 Å². The van der Waals surface area contributed by atoms with Crippen LogP contribution in [0.25, 0.3) is 4.96 Å². The van der Waals surface area contributed by atoms with E-state index in [2.05, 4.69) is 49.8 Å². The van der Waals surface area contributed by atoms with E-state index in [0.29, 0.717) is 12.6 Å². The monoisotopic (exact) mass is 414 g/mol. The number of nitrogens with zero attached hydrogens (tertiary/aromatic N) is 4. The van der Waals surface area contributed by atoms with E-state index in [4.69, 9.17) is 4.74 Å². The van der Waals surface area contributed by atoms with Gasteiger partial charge in [0.25, 0.3) is 0 Å². The standard InChI is InChI=1S/C22H30N4O2S/c1-3-28-20-6-4-18(5-7-20)14-25-10-9-24(15-19(25)8-12-27)16-21-17(2)23-22-26(21)11-13-29-22/h4-7,11,13,19,27H,3,8-10,12,14-16H2,1-2H3/t19-/m0/s1. The number of aryl methyl sites for hydroxylation is 1. The highest BCUT2D eigenvalue weighted by Crippen LogP contribution is 2.22. The van der Waals surface area contributed by atoms with Gasteiger partial charge < -0.3 is 9.84 Å². The van der Waals surface area contributed by atoms with Crippen LogP contribution in [0.4, 0.5) is 0 Å². The van der Waals surface area contributed by atoms with Crippen LogP contribution in [0.5, 0.6) is 5.75 Å². The second kappa shape index (κ2) is 9.26.